The van der Waals surface area contributed by atoms with Crippen molar-refractivity contribution in [1.82, 2.24) is 5.32 Å². The number of carboxylic acids is 1. The number of nitrogens with two attached hydrogens (primary N) is 1. The third-order valence-corrected chi connectivity index (χ3v) is 2.82. The third kappa shape index (κ3) is 3.81. The minimum atomic E-state index is -0.869. The van der Waals surface area contributed by atoms with Gasteiger partial charge in [-0.2, -0.15) is 0 Å². The van der Waals surface area contributed by atoms with Crippen LogP contribution in [0.5, 0.6) is 0 Å². The van der Waals surface area contributed by atoms with Gasteiger partial charge >= 0.3 is 5.97 Å². The molecule has 0 atom stereocenters. The molecule has 0 aromatic rings. The van der Waals surface area contributed by atoms with E-state index in [2.05, 4.69) is 5.32 Å². The first kappa shape index (κ1) is 13.0. The quantitative estimate of drug-likeness (QED) is 0.643. The first-order valence-corrected chi connectivity index (χ1v) is 5.54. The fourth-order valence-electron chi connectivity index (χ4n) is 1.99. The van der Waals surface area contributed by atoms with Crippen LogP contribution in [0.1, 0.15) is 46.0 Å². The van der Waals surface area contributed by atoms with Gasteiger partial charge in [0.05, 0.1) is 12.0 Å². The minimum Gasteiger partial charge on any atom is -0.481 e. The summed E-state index contributed by atoms with van der Waals surface area (Å²) >= 11 is 0. The number of hydrogen-bond donors (Lipinski definition) is 3. The Morgan fingerprint density at radius 1 is 1.44 bits per heavy atom. The highest BCUT2D eigenvalue weighted by atomic mass is 16.4. The van der Waals surface area contributed by atoms with E-state index in [1.165, 1.54) is 0 Å². The van der Waals surface area contributed by atoms with Gasteiger partial charge < -0.3 is 16.2 Å². The molecule has 1 aliphatic carbocycles. The molecule has 0 saturated heterocycles. The lowest BCUT2D eigenvalue weighted by atomic mass is 9.74. The Morgan fingerprint density at radius 2 is 2.00 bits per heavy atom. The highest BCUT2D eigenvalue weighted by Crippen LogP contribution is 2.35. The molecule has 0 unspecified atom stereocenters. The first-order chi connectivity index (χ1) is 7.22. The number of carbonyl (C=O) groups is 2. The van der Waals surface area contributed by atoms with Crippen molar-refractivity contribution in [2.75, 3.05) is 0 Å². The van der Waals surface area contributed by atoms with E-state index in [-0.39, 0.29) is 18.7 Å². The molecule has 1 amide bonds. The van der Waals surface area contributed by atoms with Gasteiger partial charge in [0.15, 0.2) is 0 Å². The molecule has 1 rings (SSSR count). The molecule has 5 nitrogen and oxygen atoms in total. The molecule has 0 aliphatic heterocycles. The highest BCUT2D eigenvalue weighted by Gasteiger charge is 2.40. The molecule has 0 aromatic carbocycles. The molecule has 0 aromatic heterocycles. The van der Waals surface area contributed by atoms with E-state index in [4.69, 9.17) is 10.8 Å². The van der Waals surface area contributed by atoms with Crippen LogP contribution in [0.3, 0.4) is 0 Å². The molecule has 1 saturated carbocycles. The van der Waals surface area contributed by atoms with Crippen LogP contribution < -0.4 is 11.1 Å². The second-order valence-corrected chi connectivity index (χ2v) is 5.42. The van der Waals surface area contributed by atoms with Crippen molar-refractivity contribution in [3.8, 4) is 0 Å². The summed E-state index contributed by atoms with van der Waals surface area (Å²) in [5.41, 5.74) is 4.66. The lowest BCUT2D eigenvalue weighted by Crippen LogP contribution is -2.56. The maximum Gasteiger partial charge on any atom is 0.305 e. The Bertz CT molecular complexity index is 290. The Balaban J connectivity index is 2.50. The Kier molecular flexibility index (Phi) is 3.57. The number of aliphatic carboxylic acids is 1. The van der Waals surface area contributed by atoms with Gasteiger partial charge in [-0.05, 0) is 33.1 Å². The number of carboxylic acid groups (broad SMARTS) is 1. The van der Waals surface area contributed by atoms with E-state index in [9.17, 15) is 9.59 Å². The van der Waals surface area contributed by atoms with Gasteiger partial charge in [-0.15, -0.1) is 0 Å². The largest absolute Gasteiger partial charge is 0.481 e. The summed E-state index contributed by atoms with van der Waals surface area (Å²) in [6.07, 6.45) is 2.68. The van der Waals surface area contributed by atoms with Crippen LogP contribution in [0.2, 0.25) is 0 Å². The van der Waals surface area contributed by atoms with E-state index >= 15 is 0 Å². The summed E-state index contributed by atoms with van der Waals surface area (Å²) in [4.78, 5) is 22.4. The molecule has 92 valence electrons. The van der Waals surface area contributed by atoms with Gasteiger partial charge in [0.1, 0.15) is 0 Å². The number of carbonyl (C=O) groups excluding carboxylic acids is 1. The topological polar surface area (TPSA) is 92.4 Å². The molecule has 4 N–H and O–H groups in total. The van der Waals surface area contributed by atoms with Crippen molar-refractivity contribution in [2.24, 2.45) is 5.73 Å². The summed E-state index contributed by atoms with van der Waals surface area (Å²) in [7, 11) is 0. The van der Waals surface area contributed by atoms with Gasteiger partial charge in [-0.25, -0.2) is 0 Å². The second-order valence-electron chi connectivity index (χ2n) is 5.42. The smallest absolute Gasteiger partial charge is 0.305 e. The van der Waals surface area contributed by atoms with Crippen LogP contribution in [-0.2, 0) is 9.59 Å². The van der Waals surface area contributed by atoms with Gasteiger partial charge in [0, 0.05) is 12.0 Å². The van der Waals surface area contributed by atoms with Gasteiger partial charge in [-0.3, -0.25) is 9.59 Å². The minimum absolute atomic E-state index is 0.00371. The number of rotatable bonds is 5. The molecular weight excluding hydrogens is 208 g/mol. The summed E-state index contributed by atoms with van der Waals surface area (Å²) in [6, 6.07) is 0. The molecule has 0 bridgehead atoms. The molecule has 16 heavy (non-hydrogen) atoms. The van der Waals surface area contributed by atoms with Gasteiger partial charge in [0.2, 0.25) is 5.91 Å². The fraction of sp³-hybridized carbons (Fsp3) is 0.818. The van der Waals surface area contributed by atoms with Crippen molar-refractivity contribution in [3.05, 3.63) is 0 Å². The van der Waals surface area contributed by atoms with Gasteiger partial charge in [-0.1, -0.05) is 0 Å². The Hall–Kier alpha value is -1.10. The van der Waals surface area contributed by atoms with Crippen molar-refractivity contribution < 1.29 is 14.7 Å². The van der Waals surface area contributed by atoms with Crippen molar-refractivity contribution in [3.63, 3.8) is 0 Å². The van der Waals surface area contributed by atoms with E-state index in [1.807, 2.05) is 0 Å². The monoisotopic (exact) mass is 228 g/mol. The highest BCUT2D eigenvalue weighted by molar-refractivity contribution is 5.79. The van der Waals surface area contributed by atoms with E-state index in [1.54, 1.807) is 13.8 Å². The van der Waals surface area contributed by atoms with Crippen LogP contribution in [0, 0.1) is 0 Å². The van der Waals surface area contributed by atoms with Crippen LogP contribution in [0.4, 0.5) is 0 Å². The van der Waals surface area contributed by atoms with E-state index < -0.39 is 17.0 Å². The van der Waals surface area contributed by atoms with E-state index in [0.717, 1.165) is 19.3 Å². The first-order valence-electron chi connectivity index (χ1n) is 5.54. The van der Waals surface area contributed by atoms with Gasteiger partial charge in [0.25, 0.3) is 0 Å². The zero-order valence-corrected chi connectivity index (χ0v) is 9.88. The third-order valence-electron chi connectivity index (χ3n) is 2.82. The molecule has 0 heterocycles. The Labute approximate surface area is 95.4 Å². The second kappa shape index (κ2) is 4.41. The lowest BCUT2D eigenvalue weighted by molar-refractivity contribution is -0.140. The SMILES string of the molecule is CC(C)(N)CC(=O)NC1(CC(=O)O)CCC1. The predicted molar refractivity (Wildman–Crippen MR) is 59.9 cm³/mol. The summed E-state index contributed by atoms with van der Waals surface area (Å²) in [5, 5.41) is 11.6. The van der Waals surface area contributed by atoms with Crippen molar-refractivity contribution in [1.29, 1.82) is 0 Å². The Morgan fingerprint density at radius 3 is 2.31 bits per heavy atom. The number of nitrogens with one attached hydrogen (secondary N) is 1. The molecular formula is C11H20N2O3. The standard InChI is InChI=1S/C11H20N2O3/c1-10(2,12)6-8(14)13-11(4-3-5-11)7-9(15)16/h3-7,12H2,1-2H3,(H,13,14)(H,15,16). The molecule has 0 spiro atoms. The van der Waals surface area contributed by atoms with Crippen molar-refractivity contribution in [2.45, 2.75) is 57.0 Å². The molecule has 0 radical (unpaired) electrons. The molecule has 5 heteroatoms. The number of amides is 1. The number of hydrogen-bond acceptors (Lipinski definition) is 3. The normalized spacial score (nSPS) is 18.7. The molecule has 1 aliphatic rings. The predicted octanol–water partition coefficient (Wildman–Crippen LogP) is 0.627. The van der Waals surface area contributed by atoms with Crippen LogP contribution in [-0.4, -0.2) is 28.1 Å². The van der Waals surface area contributed by atoms with Crippen LogP contribution in [0.15, 0.2) is 0 Å². The summed E-state index contributed by atoms with van der Waals surface area (Å²) < 4.78 is 0. The van der Waals surface area contributed by atoms with Crippen molar-refractivity contribution >= 4 is 11.9 Å². The average Bonchev–Trinajstić information content (AvgIpc) is 1.95. The molecule has 1 fully saturated rings. The summed E-state index contributed by atoms with van der Waals surface area (Å²) in [5.74, 6) is -1.03. The maximum atomic E-state index is 11.7. The fourth-order valence-corrected chi connectivity index (χ4v) is 1.99. The summed E-state index contributed by atoms with van der Waals surface area (Å²) in [6.45, 7) is 3.55. The zero-order valence-electron chi connectivity index (χ0n) is 9.88. The van der Waals surface area contributed by atoms with E-state index in [0.29, 0.717) is 0 Å². The lowest BCUT2D eigenvalue weighted by Gasteiger charge is -2.42. The zero-order chi connectivity index (χ0) is 12.4. The van der Waals surface area contributed by atoms with Crippen LogP contribution in [0.25, 0.3) is 0 Å². The average molecular weight is 228 g/mol. The van der Waals surface area contributed by atoms with Crippen LogP contribution >= 0.6 is 0 Å². The maximum absolute atomic E-state index is 11.7.